The molecule has 0 atom stereocenters. The van der Waals surface area contributed by atoms with Crippen molar-refractivity contribution in [3.8, 4) is 0 Å². The van der Waals surface area contributed by atoms with Crippen molar-refractivity contribution < 1.29 is 18.0 Å². The van der Waals surface area contributed by atoms with Crippen LogP contribution in [-0.4, -0.2) is 21.6 Å². The first-order chi connectivity index (χ1) is 11.7. The minimum Gasteiger partial charge on any atom is -0.325 e. The van der Waals surface area contributed by atoms with Crippen molar-refractivity contribution in [3.05, 3.63) is 51.4 Å². The monoisotopic (exact) mass is 371 g/mol. The second-order valence-corrected chi connectivity index (χ2v) is 6.17. The number of anilines is 1. The Labute approximate surface area is 146 Å². The van der Waals surface area contributed by atoms with Gasteiger partial charge in [-0.25, -0.2) is 4.98 Å². The number of amides is 1. The number of aryl methyl sites for hydroxylation is 1. The smallest absolute Gasteiger partial charge is 0.325 e. The molecule has 1 aromatic heterocycles. The molecule has 0 saturated heterocycles. The Morgan fingerprint density at radius 3 is 2.68 bits per heavy atom. The lowest BCUT2D eigenvalue weighted by atomic mass is 10.2. The Balaban J connectivity index is 2.01. The maximum atomic E-state index is 12.7. The van der Waals surface area contributed by atoms with Crippen LogP contribution in [0.4, 0.5) is 18.9 Å². The normalized spacial score (nSPS) is 11.4. The lowest BCUT2D eigenvalue weighted by Crippen LogP contribution is -2.18. The van der Waals surface area contributed by atoms with Crippen LogP contribution >= 0.6 is 11.8 Å². The Hall–Kier alpha value is -2.29. The number of rotatable bonds is 5. The molecule has 0 fully saturated rings. The second kappa shape index (κ2) is 7.73. The molecule has 0 bridgehead atoms. The summed E-state index contributed by atoms with van der Waals surface area (Å²) >= 11 is 1.00. The van der Waals surface area contributed by atoms with Crippen molar-refractivity contribution >= 4 is 23.4 Å². The Kier molecular flexibility index (Phi) is 5.89. The molecule has 134 valence electrons. The lowest BCUT2D eigenvalue weighted by molar-refractivity contribution is -0.137. The Bertz CT molecular complexity index is 834. The number of aromatic amines is 1. The molecule has 25 heavy (non-hydrogen) atoms. The zero-order valence-corrected chi connectivity index (χ0v) is 14.3. The molecule has 0 radical (unpaired) electrons. The molecule has 2 N–H and O–H groups in total. The summed E-state index contributed by atoms with van der Waals surface area (Å²) in [6, 6.07) is 4.38. The van der Waals surface area contributed by atoms with E-state index in [2.05, 4.69) is 15.3 Å². The highest BCUT2D eigenvalue weighted by Crippen LogP contribution is 2.30. The summed E-state index contributed by atoms with van der Waals surface area (Å²) in [6.07, 6.45) is -3.92. The van der Waals surface area contributed by atoms with Crippen molar-refractivity contribution in [2.24, 2.45) is 0 Å². The van der Waals surface area contributed by atoms with Gasteiger partial charge in [0.2, 0.25) is 5.91 Å². The lowest BCUT2D eigenvalue weighted by Gasteiger charge is -2.10. The van der Waals surface area contributed by atoms with Crippen LogP contribution in [-0.2, 0) is 17.4 Å². The number of nitrogens with zero attached hydrogens (tertiary/aromatic N) is 1. The molecule has 0 aliphatic rings. The van der Waals surface area contributed by atoms with Gasteiger partial charge in [0.15, 0.2) is 5.16 Å². The Morgan fingerprint density at radius 1 is 1.36 bits per heavy atom. The largest absolute Gasteiger partial charge is 0.416 e. The number of hydrogen-bond acceptors (Lipinski definition) is 4. The van der Waals surface area contributed by atoms with E-state index in [1.54, 1.807) is 6.92 Å². The first kappa shape index (κ1) is 19.0. The highest BCUT2D eigenvalue weighted by molar-refractivity contribution is 7.99. The van der Waals surface area contributed by atoms with Gasteiger partial charge in [-0.1, -0.05) is 24.8 Å². The van der Waals surface area contributed by atoms with Crippen LogP contribution in [0.2, 0.25) is 0 Å². The van der Waals surface area contributed by atoms with E-state index in [0.29, 0.717) is 22.8 Å². The van der Waals surface area contributed by atoms with Crippen LogP contribution in [0.5, 0.6) is 0 Å². The summed E-state index contributed by atoms with van der Waals surface area (Å²) in [5, 5.41) is 2.69. The number of halogens is 3. The number of carbonyl (C=O) groups is 1. The van der Waals surface area contributed by atoms with Gasteiger partial charge in [0, 0.05) is 16.9 Å². The predicted molar refractivity (Wildman–Crippen MR) is 89.8 cm³/mol. The van der Waals surface area contributed by atoms with Crippen molar-refractivity contribution in [2.45, 2.75) is 31.6 Å². The number of aromatic nitrogens is 2. The van der Waals surface area contributed by atoms with E-state index in [9.17, 15) is 22.8 Å². The topological polar surface area (TPSA) is 74.8 Å². The molecule has 5 nitrogen and oxygen atoms in total. The zero-order valence-electron chi connectivity index (χ0n) is 13.5. The van der Waals surface area contributed by atoms with Gasteiger partial charge in [0.1, 0.15) is 0 Å². The van der Waals surface area contributed by atoms with E-state index in [1.807, 2.05) is 6.92 Å². The third-order valence-electron chi connectivity index (χ3n) is 3.37. The van der Waals surface area contributed by atoms with Gasteiger partial charge < -0.3 is 10.3 Å². The third-order valence-corrected chi connectivity index (χ3v) is 4.24. The number of benzene rings is 1. The van der Waals surface area contributed by atoms with Crippen LogP contribution in [0.15, 0.2) is 34.2 Å². The van der Waals surface area contributed by atoms with Crippen molar-refractivity contribution in [3.63, 3.8) is 0 Å². The average Bonchev–Trinajstić information content (AvgIpc) is 2.52. The second-order valence-electron chi connectivity index (χ2n) is 5.20. The minimum atomic E-state index is -4.47. The van der Waals surface area contributed by atoms with Gasteiger partial charge in [-0.15, -0.1) is 0 Å². The van der Waals surface area contributed by atoms with Crippen LogP contribution in [0, 0.1) is 6.92 Å². The standard InChI is InChI=1S/C16H16F3N3O2S/c1-3-12-9(2)20-15(22-14(12)24)25-8-13(23)21-11-6-4-5-10(7-11)16(17,18)19/h4-7H,3,8H2,1-2H3,(H,21,23)(H,20,22,24). The molecule has 0 aliphatic heterocycles. The van der Waals surface area contributed by atoms with Gasteiger partial charge in [0.05, 0.1) is 11.3 Å². The molecule has 1 heterocycles. The fourth-order valence-corrected chi connectivity index (χ4v) is 2.88. The zero-order chi connectivity index (χ0) is 18.6. The molecule has 0 spiro atoms. The Morgan fingerprint density at radius 2 is 2.08 bits per heavy atom. The van der Waals surface area contributed by atoms with Crippen LogP contribution in [0.1, 0.15) is 23.7 Å². The first-order valence-electron chi connectivity index (χ1n) is 7.40. The van der Waals surface area contributed by atoms with Gasteiger partial charge >= 0.3 is 6.18 Å². The molecule has 0 saturated carbocycles. The summed E-state index contributed by atoms with van der Waals surface area (Å²) in [5.41, 5.74) is 0.134. The van der Waals surface area contributed by atoms with Crippen molar-refractivity contribution in [1.82, 2.24) is 9.97 Å². The van der Waals surface area contributed by atoms with E-state index in [1.165, 1.54) is 12.1 Å². The number of carbonyl (C=O) groups excluding carboxylic acids is 1. The molecule has 9 heteroatoms. The third kappa shape index (κ3) is 5.09. The van der Waals surface area contributed by atoms with Gasteiger partial charge in [-0.3, -0.25) is 9.59 Å². The fourth-order valence-electron chi connectivity index (χ4n) is 2.17. The summed E-state index contributed by atoms with van der Waals surface area (Å²) in [7, 11) is 0. The SMILES string of the molecule is CCc1c(C)nc(SCC(=O)Nc2cccc(C(F)(F)F)c2)[nH]c1=O. The van der Waals surface area contributed by atoms with Crippen LogP contribution in [0.3, 0.4) is 0 Å². The molecule has 1 amide bonds. The fraction of sp³-hybridized carbons (Fsp3) is 0.312. The highest BCUT2D eigenvalue weighted by Gasteiger charge is 2.30. The summed E-state index contributed by atoms with van der Waals surface area (Å²) in [4.78, 5) is 30.5. The number of hydrogen-bond donors (Lipinski definition) is 2. The van der Waals surface area contributed by atoms with Crippen LogP contribution < -0.4 is 10.9 Å². The number of alkyl halides is 3. The summed E-state index contributed by atoms with van der Waals surface area (Å²) in [6.45, 7) is 3.55. The van der Waals surface area contributed by atoms with E-state index in [0.717, 1.165) is 23.9 Å². The summed E-state index contributed by atoms with van der Waals surface area (Å²) < 4.78 is 38.0. The molecule has 2 aromatic rings. The number of H-pyrrole nitrogens is 1. The highest BCUT2D eigenvalue weighted by atomic mass is 32.2. The molecular weight excluding hydrogens is 355 g/mol. The molecule has 0 unspecified atom stereocenters. The summed E-state index contributed by atoms with van der Waals surface area (Å²) in [5.74, 6) is -0.589. The predicted octanol–water partition coefficient (Wildman–Crippen LogP) is 3.39. The first-order valence-corrected chi connectivity index (χ1v) is 8.39. The van der Waals surface area contributed by atoms with E-state index >= 15 is 0 Å². The van der Waals surface area contributed by atoms with Crippen LogP contribution in [0.25, 0.3) is 0 Å². The van der Waals surface area contributed by atoms with E-state index in [4.69, 9.17) is 0 Å². The molecule has 0 aliphatic carbocycles. The van der Waals surface area contributed by atoms with Crippen molar-refractivity contribution in [1.29, 1.82) is 0 Å². The average molecular weight is 371 g/mol. The molecule has 2 rings (SSSR count). The molecule has 1 aromatic carbocycles. The van der Waals surface area contributed by atoms with Gasteiger partial charge in [0.25, 0.3) is 5.56 Å². The number of nitrogens with one attached hydrogen (secondary N) is 2. The van der Waals surface area contributed by atoms with E-state index in [-0.39, 0.29) is 17.0 Å². The van der Waals surface area contributed by atoms with E-state index < -0.39 is 17.6 Å². The van der Waals surface area contributed by atoms with Gasteiger partial charge in [-0.05, 0) is 31.5 Å². The number of thioether (sulfide) groups is 1. The van der Waals surface area contributed by atoms with Gasteiger partial charge in [-0.2, -0.15) is 13.2 Å². The minimum absolute atomic E-state index is 0.0550. The maximum Gasteiger partial charge on any atom is 0.416 e. The van der Waals surface area contributed by atoms with Crippen molar-refractivity contribution in [2.75, 3.05) is 11.1 Å². The maximum absolute atomic E-state index is 12.7. The quantitative estimate of drug-likeness (QED) is 0.624. The molecular formula is C16H16F3N3O2S.